The SMILES string of the molecule is CN/C(=C\NCCOC)c1cc2c(s1)=C(Oc1ccc(N)cc1F)CCN=2. The molecule has 1 aromatic carbocycles. The van der Waals surface area contributed by atoms with Crippen molar-refractivity contribution in [1.29, 1.82) is 0 Å². The van der Waals surface area contributed by atoms with Crippen LogP contribution in [-0.4, -0.2) is 33.9 Å². The largest absolute Gasteiger partial charge is 0.457 e. The highest BCUT2D eigenvalue weighted by atomic mass is 32.1. The Hall–Kier alpha value is -2.58. The molecule has 8 heteroatoms. The fourth-order valence-corrected chi connectivity index (χ4v) is 3.80. The van der Waals surface area contributed by atoms with Gasteiger partial charge in [-0.3, -0.25) is 4.99 Å². The van der Waals surface area contributed by atoms with Crippen molar-refractivity contribution in [3.8, 4) is 5.75 Å². The molecule has 0 aliphatic carbocycles. The van der Waals surface area contributed by atoms with Gasteiger partial charge in [0.05, 0.1) is 27.1 Å². The van der Waals surface area contributed by atoms with Gasteiger partial charge in [0.25, 0.3) is 0 Å². The van der Waals surface area contributed by atoms with E-state index in [0.29, 0.717) is 31.8 Å². The Morgan fingerprint density at radius 1 is 1.41 bits per heavy atom. The summed E-state index contributed by atoms with van der Waals surface area (Å²) in [6.45, 7) is 1.95. The topological polar surface area (TPSA) is 80.9 Å². The van der Waals surface area contributed by atoms with Gasteiger partial charge in [0.2, 0.25) is 0 Å². The predicted molar refractivity (Wildman–Crippen MR) is 106 cm³/mol. The molecule has 0 amide bonds. The van der Waals surface area contributed by atoms with Crippen LogP contribution in [0.2, 0.25) is 0 Å². The number of thiophene rings is 1. The van der Waals surface area contributed by atoms with Crippen molar-refractivity contribution in [2.75, 3.05) is 39.6 Å². The fraction of sp³-hybridized carbons (Fsp3) is 0.316. The number of benzene rings is 1. The number of anilines is 1. The van der Waals surface area contributed by atoms with E-state index in [0.717, 1.165) is 26.2 Å². The average molecular weight is 390 g/mol. The quantitative estimate of drug-likeness (QED) is 0.469. The van der Waals surface area contributed by atoms with E-state index in [4.69, 9.17) is 15.2 Å². The number of nitrogens with zero attached hydrogens (tertiary/aromatic N) is 1. The summed E-state index contributed by atoms with van der Waals surface area (Å²) in [7, 11) is 3.53. The minimum absolute atomic E-state index is 0.174. The molecule has 27 heavy (non-hydrogen) atoms. The minimum Gasteiger partial charge on any atom is -0.457 e. The number of methoxy groups -OCH3 is 1. The van der Waals surface area contributed by atoms with Gasteiger partial charge in [-0.25, -0.2) is 4.39 Å². The summed E-state index contributed by atoms with van der Waals surface area (Å²) in [4.78, 5) is 5.59. The van der Waals surface area contributed by atoms with Crippen LogP contribution in [0.5, 0.6) is 5.75 Å². The van der Waals surface area contributed by atoms with Crippen LogP contribution in [-0.2, 0) is 4.74 Å². The van der Waals surface area contributed by atoms with Crippen LogP contribution in [0, 0.1) is 5.82 Å². The highest BCUT2D eigenvalue weighted by Gasteiger charge is 2.15. The van der Waals surface area contributed by atoms with Crippen molar-refractivity contribution in [1.82, 2.24) is 10.6 Å². The number of nitrogen functional groups attached to an aromatic ring is 1. The van der Waals surface area contributed by atoms with E-state index in [2.05, 4.69) is 15.6 Å². The van der Waals surface area contributed by atoms with Crippen LogP contribution in [0.15, 0.2) is 35.5 Å². The van der Waals surface area contributed by atoms with Crippen LogP contribution in [0.3, 0.4) is 0 Å². The lowest BCUT2D eigenvalue weighted by molar-refractivity contribution is 0.203. The lowest BCUT2D eigenvalue weighted by Gasteiger charge is -2.11. The summed E-state index contributed by atoms with van der Waals surface area (Å²) in [5.41, 5.74) is 6.92. The molecule has 6 nitrogen and oxygen atoms in total. The summed E-state index contributed by atoms with van der Waals surface area (Å²) in [5.74, 6) is 0.428. The minimum atomic E-state index is -0.471. The molecule has 0 saturated heterocycles. The van der Waals surface area contributed by atoms with E-state index in [1.807, 2.05) is 19.3 Å². The molecule has 4 N–H and O–H groups in total. The van der Waals surface area contributed by atoms with Crippen molar-refractivity contribution >= 4 is 28.5 Å². The molecule has 0 saturated carbocycles. The molecule has 3 rings (SSSR count). The lowest BCUT2D eigenvalue weighted by Crippen LogP contribution is -2.28. The number of halogens is 1. The third kappa shape index (κ3) is 4.58. The molecule has 2 heterocycles. The van der Waals surface area contributed by atoms with Gasteiger partial charge in [0, 0.05) is 51.6 Å². The molecule has 0 bridgehead atoms. The summed E-state index contributed by atoms with van der Waals surface area (Å²) in [6.07, 6.45) is 2.54. The molecule has 1 aliphatic rings. The van der Waals surface area contributed by atoms with Gasteiger partial charge in [-0.2, -0.15) is 0 Å². The first-order valence-electron chi connectivity index (χ1n) is 8.63. The second-order valence-corrected chi connectivity index (χ2v) is 6.98. The number of ether oxygens (including phenoxy) is 2. The smallest absolute Gasteiger partial charge is 0.167 e. The van der Waals surface area contributed by atoms with Crippen molar-refractivity contribution < 1.29 is 13.9 Å². The number of nitrogens with two attached hydrogens (primary N) is 1. The highest BCUT2D eigenvalue weighted by molar-refractivity contribution is 7.11. The van der Waals surface area contributed by atoms with E-state index >= 15 is 0 Å². The lowest BCUT2D eigenvalue weighted by atomic mass is 10.2. The maximum Gasteiger partial charge on any atom is 0.167 e. The molecule has 0 fully saturated rings. The van der Waals surface area contributed by atoms with Crippen molar-refractivity contribution in [2.24, 2.45) is 4.99 Å². The summed E-state index contributed by atoms with van der Waals surface area (Å²) in [5, 5.41) is 7.26. The maximum absolute atomic E-state index is 14.1. The van der Waals surface area contributed by atoms with Gasteiger partial charge >= 0.3 is 0 Å². The Morgan fingerprint density at radius 2 is 2.26 bits per heavy atom. The van der Waals surface area contributed by atoms with Gasteiger partial charge in [-0.1, -0.05) is 0 Å². The molecule has 144 valence electrons. The third-order valence-electron chi connectivity index (χ3n) is 4.01. The molecular formula is C19H23FN4O2S. The number of fused-ring (bicyclic) bond motifs is 1. The second kappa shape index (κ2) is 8.88. The zero-order valence-corrected chi connectivity index (χ0v) is 16.2. The second-order valence-electron chi connectivity index (χ2n) is 5.93. The van der Waals surface area contributed by atoms with Crippen LogP contribution in [0.4, 0.5) is 10.1 Å². The van der Waals surface area contributed by atoms with Crippen LogP contribution < -0.4 is 31.0 Å². The van der Waals surface area contributed by atoms with Crippen molar-refractivity contribution in [2.45, 2.75) is 6.42 Å². The number of hydrogen-bond acceptors (Lipinski definition) is 7. The number of rotatable bonds is 8. The highest BCUT2D eigenvalue weighted by Crippen LogP contribution is 2.23. The van der Waals surface area contributed by atoms with E-state index in [1.54, 1.807) is 30.6 Å². The maximum atomic E-state index is 14.1. The van der Waals surface area contributed by atoms with Gasteiger partial charge in [-0.15, -0.1) is 11.3 Å². The monoisotopic (exact) mass is 390 g/mol. The van der Waals surface area contributed by atoms with Gasteiger partial charge in [0.1, 0.15) is 5.76 Å². The Balaban J connectivity index is 1.92. The van der Waals surface area contributed by atoms with E-state index in [-0.39, 0.29) is 5.75 Å². The Labute approximate surface area is 161 Å². The van der Waals surface area contributed by atoms with Gasteiger partial charge in [-0.05, 0) is 18.2 Å². The summed E-state index contributed by atoms with van der Waals surface area (Å²) in [6, 6.07) is 6.45. The Bertz CT molecular complexity index is 955. The summed E-state index contributed by atoms with van der Waals surface area (Å²) < 4.78 is 25.9. The number of hydrogen-bond donors (Lipinski definition) is 3. The molecule has 1 aromatic heterocycles. The first-order valence-corrected chi connectivity index (χ1v) is 9.45. The zero-order valence-electron chi connectivity index (χ0n) is 15.3. The third-order valence-corrected chi connectivity index (χ3v) is 5.21. The Morgan fingerprint density at radius 3 is 3.00 bits per heavy atom. The molecule has 0 atom stereocenters. The molecular weight excluding hydrogens is 367 g/mol. The normalized spacial score (nSPS) is 13.7. The summed E-state index contributed by atoms with van der Waals surface area (Å²) >= 11 is 1.56. The van der Waals surface area contributed by atoms with Gasteiger partial charge in [0.15, 0.2) is 11.6 Å². The predicted octanol–water partition coefficient (Wildman–Crippen LogP) is 1.43. The van der Waals surface area contributed by atoms with Crippen molar-refractivity contribution in [3.05, 3.63) is 51.0 Å². The van der Waals surface area contributed by atoms with Gasteiger partial charge < -0.3 is 25.8 Å². The molecule has 1 aliphatic heterocycles. The molecule has 0 radical (unpaired) electrons. The molecule has 0 unspecified atom stereocenters. The zero-order chi connectivity index (χ0) is 19.2. The van der Waals surface area contributed by atoms with Crippen molar-refractivity contribution in [3.63, 3.8) is 0 Å². The number of nitrogens with one attached hydrogen (secondary N) is 2. The first kappa shape index (κ1) is 19.2. The standard InChI is InChI=1S/C19H23FN4O2S/c1-22-15(11-23-7-8-25-2)18-10-14-19(27-18)17(5-6-24-14)26-16-4-3-12(21)9-13(16)20/h3-4,9-11,22-23H,5-8,21H2,1-2H3/b15-11-. The molecule has 2 aromatic rings. The fourth-order valence-electron chi connectivity index (χ4n) is 2.65. The van der Waals surface area contributed by atoms with Crippen LogP contribution in [0.1, 0.15) is 11.3 Å². The Kier molecular flexibility index (Phi) is 6.31. The van der Waals surface area contributed by atoms with E-state index in [1.165, 1.54) is 6.07 Å². The molecule has 0 spiro atoms. The first-order chi connectivity index (χ1) is 13.1. The van der Waals surface area contributed by atoms with Crippen LogP contribution in [0.25, 0.3) is 11.5 Å². The average Bonchev–Trinajstić information content (AvgIpc) is 3.09. The van der Waals surface area contributed by atoms with E-state index < -0.39 is 5.82 Å². The van der Waals surface area contributed by atoms with Crippen LogP contribution >= 0.6 is 11.3 Å². The van der Waals surface area contributed by atoms with E-state index in [9.17, 15) is 4.39 Å².